The van der Waals surface area contributed by atoms with Crippen LogP contribution >= 0.6 is 0 Å². The van der Waals surface area contributed by atoms with Crippen LogP contribution in [0, 0.1) is 5.92 Å². The Morgan fingerprint density at radius 2 is 1.96 bits per heavy atom. The van der Waals surface area contributed by atoms with Crippen molar-refractivity contribution in [2.75, 3.05) is 0 Å². The minimum atomic E-state index is 0.00202. The van der Waals surface area contributed by atoms with Crippen LogP contribution in [0.25, 0.3) is 0 Å². The summed E-state index contributed by atoms with van der Waals surface area (Å²) in [5.41, 5.74) is 4.06. The topological polar surface area (TPSA) is 43.9 Å². The van der Waals surface area contributed by atoms with Crippen molar-refractivity contribution < 1.29 is 4.52 Å². The zero-order valence-corrected chi connectivity index (χ0v) is 15.1. The van der Waals surface area contributed by atoms with Crippen LogP contribution in [0.15, 0.2) is 16.9 Å². The monoisotopic (exact) mass is 313 g/mol. The lowest BCUT2D eigenvalue weighted by molar-refractivity contribution is 0.108. The Morgan fingerprint density at radius 1 is 1.22 bits per heavy atom. The third-order valence-electron chi connectivity index (χ3n) is 6.15. The third-order valence-corrected chi connectivity index (χ3v) is 6.15. The van der Waals surface area contributed by atoms with Gasteiger partial charge in [-0.05, 0) is 51.5 Å². The summed E-state index contributed by atoms with van der Waals surface area (Å²) in [4.78, 5) is 0. The van der Waals surface area contributed by atoms with Crippen LogP contribution in [-0.2, 0) is 29.2 Å². The van der Waals surface area contributed by atoms with Crippen molar-refractivity contribution in [2.24, 2.45) is 5.92 Å². The average molecular weight is 313 g/mol. The molecule has 4 heteroatoms. The van der Waals surface area contributed by atoms with Gasteiger partial charge >= 0.3 is 0 Å². The fourth-order valence-corrected chi connectivity index (χ4v) is 5.04. The van der Waals surface area contributed by atoms with E-state index in [0.717, 1.165) is 18.6 Å². The fourth-order valence-electron chi connectivity index (χ4n) is 5.04. The second kappa shape index (κ2) is 4.28. The molecule has 2 aliphatic rings. The molecule has 0 aliphatic heterocycles. The average Bonchev–Trinajstić information content (AvgIpc) is 3.03. The molecule has 0 fully saturated rings. The summed E-state index contributed by atoms with van der Waals surface area (Å²) in [6.45, 7) is 13.7. The van der Waals surface area contributed by atoms with Gasteiger partial charge in [0.05, 0.1) is 17.4 Å². The van der Waals surface area contributed by atoms with Gasteiger partial charge in [-0.2, -0.15) is 5.10 Å². The first-order chi connectivity index (χ1) is 10.6. The van der Waals surface area contributed by atoms with E-state index in [9.17, 15) is 0 Å². The van der Waals surface area contributed by atoms with Crippen LogP contribution in [0.2, 0.25) is 0 Å². The summed E-state index contributed by atoms with van der Waals surface area (Å²) in [5, 5.41) is 9.15. The van der Waals surface area contributed by atoms with Gasteiger partial charge in [-0.1, -0.05) is 25.9 Å². The highest BCUT2D eigenvalue weighted by Crippen LogP contribution is 2.55. The molecule has 0 N–H and O–H groups in total. The second-order valence-electron chi connectivity index (χ2n) is 9.21. The van der Waals surface area contributed by atoms with Gasteiger partial charge in [-0.25, -0.2) is 0 Å². The molecule has 4 rings (SSSR count). The molecule has 2 atom stereocenters. The Bertz CT molecular complexity index is 762. The zero-order chi connectivity index (χ0) is 16.6. The molecule has 124 valence electrons. The molecule has 0 unspecified atom stereocenters. The maximum Gasteiger partial charge on any atom is 0.145 e. The molecule has 0 bridgehead atoms. The molecule has 0 radical (unpaired) electrons. The van der Waals surface area contributed by atoms with E-state index in [1.807, 2.05) is 6.20 Å². The SMILES string of the molecule is CC1(C)c2oncc2C[C@]2(C)c3nn(C(C)(C)C)cc3CC[C@@H]12. The first-order valence-corrected chi connectivity index (χ1v) is 8.67. The Morgan fingerprint density at radius 3 is 2.65 bits per heavy atom. The van der Waals surface area contributed by atoms with Crippen LogP contribution in [-0.4, -0.2) is 14.9 Å². The number of rotatable bonds is 0. The largest absolute Gasteiger partial charge is 0.361 e. The number of hydrogen-bond acceptors (Lipinski definition) is 3. The summed E-state index contributed by atoms with van der Waals surface area (Å²) in [5.74, 6) is 1.62. The number of fused-ring (bicyclic) bond motifs is 4. The molecule has 0 spiro atoms. The van der Waals surface area contributed by atoms with Crippen LogP contribution < -0.4 is 0 Å². The Labute approximate surface area is 138 Å². The normalized spacial score (nSPS) is 28.9. The van der Waals surface area contributed by atoms with Crippen LogP contribution in [0.1, 0.15) is 70.5 Å². The van der Waals surface area contributed by atoms with Gasteiger partial charge in [0, 0.05) is 22.6 Å². The molecule has 0 aromatic carbocycles. The Balaban J connectivity index is 1.89. The molecule has 2 aliphatic carbocycles. The van der Waals surface area contributed by atoms with E-state index in [4.69, 9.17) is 9.62 Å². The lowest BCUT2D eigenvalue weighted by Crippen LogP contribution is -2.51. The zero-order valence-electron chi connectivity index (χ0n) is 15.1. The first-order valence-electron chi connectivity index (χ1n) is 8.67. The number of hydrogen-bond donors (Lipinski definition) is 0. The van der Waals surface area contributed by atoms with Crippen molar-refractivity contribution in [1.29, 1.82) is 0 Å². The van der Waals surface area contributed by atoms with Crippen molar-refractivity contribution in [3.8, 4) is 0 Å². The standard InChI is InChI=1S/C19H27N3O/c1-17(2,3)22-11-12-7-8-14-18(4,5)16-13(10-20-23-16)9-19(14,6)15(12)21-22/h10-11,14H,7-9H2,1-6H3/t14-,19-/m0/s1. The van der Waals surface area contributed by atoms with Crippen molar-refractivity contribution in [2.45, 2.75) is 77.2 Å². The Kier molecular flexibility index (Phi) is 2.79. The molecule has 0 saturated carbocycles. The van der Waals surface area contributed by atoms with Crippen molar-refractivity contribution in [3.05, 3.63) is 35.0 Å². The summed E-state index contributed by atoms with van der Waals surface area (Å²) in [7, 11) is 0. The summed E-state index contributed by atoms with van der Waals surface area (Å²) in [6.07, 6.45) is 7.46. The van der Waals surface area contributed by atoms with E-state index in [1.54, 1.807) is 0 Å². The fraction of sp³-hybridized carbons (Fsp3) is 0.684. The van der Waals surface area contributed by atoms with Crippen LogP contribution in [0.5, 0.6) is 0 Å². The predicted octanol–water partition coefficient (Wildman–Crippen LogP) is 3.98. The van der Waals surface area contributed by atoms with Crippen LogP contribution in [0.4, 0.5) is 0 Å². The summed E-state index contributed by atoms with van der Waals surface area (Å²) >= 11 is 0. The van der Waals surface area contributed by atoms with E-state index < -0.39 is 0 Å². The number of aryl methyl sites for hydroxylation is 1. The highest BCUT2D eigenvalue weighted by Gasteiger charge is 2.55. The van der Waals surface area contributed by atoms with E-state index >= 15 is 0 Å². The van der Waals surface area contributed by atoms with E-state index in [2.05, 4.69) is 57.6 Å². The van der Waals surface area contributed by atoms with Gasteiger partial charge < -0.3 is 4.52 Å². The molecule has 4 nitrogen and oxygen atoms in total. The summed E-state index contributed by atoms with van der Waals surface area (Å²) in [6, 6.07) is 0. The Hall–Kier alpha value is -1.58. The van der Waals surface area contributed by atoms with Crippen molar-refractivity contribution in [3.63, 3.8) is 0 Å². The third kappa shape index (κ3) is 1.90. The van der Waals surface area contributed by atoms with Gasteiger partial charge in [0.15, 0.2) is 0 Å². The highest BCUT2D eigenvalue weighted by molar-refractivity contribution is 5.41. The molecule has 23 heavy (non-hydrogen) atoms. The van der Waals surface area contributed by atoms with Gasteiger partial charge in [0.2, 0.25) is 0 Å². The lowest BCUT2D eigenvalue weighted by atomic mass is 9.52. The second-order valence-corrected chi connectivity index (χ2v) is 9.21. The number of aromatic nitrogens is 3. The van der Waals surface area contributed by atoms with Gasteiger partial charge in [-0.15, -0.1) is 0 Å². The van der Waals surface area contributed by atoms with Gasteiger partial charge in [-0.3, -0.25) is 4.68 Å². The first kappa shape index (κ1) is 15.0. The lowest BCUT2D eigenvalue weighted by Gasteiger charge is -2.51. The van der Waals surface area contributed by atoms with E-state index in [-0.39, 0.29) is 16.4 Å². The molecular weight excluding hydrogens is 286 g/mol. The number of nitrogens with zero attached hydrogens (tertiary/aromatic N) is 3. The van der Waals surface area contributed by atoms with Gasteiger partial charge in [0.1, 0.15) is 5.76 Å². The smallest absolute Gasteiger partial charge is 0.145 e. The molecule has 0 saturated heterocycles. The molecule has 0 amide bonds. The van der Waals surface area contributed by atoms with Gasteiger partial charge in [0.25, 0.3) is 0 Å². The molecule has 2 aromatic heterocycles. The highest BCUT2D eigenvalue weighted by atomic mass is 16.5. The van der Waals surface area contributed by atoms with Crippen molar-refractivity contribution >= 4 is 0 Å². The molecule has 2 heterocycles. The summed E-state index contributed by atoms with van der Waals surface area (Å²) < 4.78 is 7.79. The molecule has 2 aromatic rings. The maximum atomic E-state index is 5.64. The van der Waals surface area contributed by atoms with E-state index in [1.165, 1.54) is 23.2 Å². The van der Waals surface area contributed by atoms with Crippen LogP contribution in [0.3, 0.4) is 0 Å². The maximum absolute atomic E-state index is 5.64. The predicted molar refractivity (Wildman–Crippen MR) is 89.6 cm³/mol. The van der Waals surface area contributed by atoms with Crippen molar-refractivity contribution in [1.82, 2.24) is 14.9 Å². The minimum Gasteiger partial charge on any atom is -0.361 e. The quantitative estimate of drug-likeness (QED) is 0.739. The van der Waals surface area contributed by atoms with E-state index in [0.29, 0.717) is 5.92 Å². The minimum absolute atomic E-state index is 0.00202. The molecular formula is C19H27N3O.